The summed E-state index contributed by atoms with van der Waals surface area (Å²) in [5, 5.41) is 49.4. The number of hydrogen-bond acceptors (Lipinski definition) is 8. The van der Waals surface area contributed by atoms with E-state index in [0.717, 1.165) is 30.2 Å². The highest BCUT2D eigenvalue weighted by atomic mass is 16.5. The van der Waals surface area contributed by atoms with Crippen molar-refractivity contribution < 1.29 is 34.8 Å². The lowest BCUT2D eigenvalue weighted by atomic mass is 9.42. The number of hydrogen-bond donors (Lipinski definition) is 5. The van der Waals surface area contributed by atoms with Gasteiger partial charge < -0.3 is 30.5 Å². The van der Waals surface area contributed by atoms with Crippen molar-refractivity contribution in [3.05, 3.63) is 70.9 Å². The maximum Gasteiger partial charge on any atom is 0.341 e. The molecule has 4 saturated carbocycles. The molecule has 5 N–H and O–H groups in total. The van der Waals surface area contributed by atoms with Crippen LogP contribution in [-0.4, -0.2) is 62.3 Å². The van der Waals surface area contributed by atoms with Crippen molar-refractivity contribution in [3.63, 3.8) is 0 Å². The Bertz CT molecular complexity index is 1970. The Morgan fingerprint density at radius 3 is 2.54 bits per heavy atom. The molecule has 0 aliphatic heterocycles. The number of fused-ring (bicyclic) bond motifs is 6. The minimum atomic E-state index is -1.23. The molecule has 0 saturated heterocycles. The van der Waals surface area contributed by atoms with E-state index in [0.29, 0.717) is 66.7 Å². The normalized spacial score (nSPS) is 34.8. The molecule has 3 aromatic rings. The summed E-state index contributed by atoms with van der Waals surface area (Å²) in [4.78, 5) is 29.0. The van der Waals surface area contributed by atoms with E-state index in [-0.39, 0.29) is 52.8 Å². The fourth-order valence-corrected chi connectivity index (χ4v) is 11.8. The van der Waals surface area contributed by atoms with Crippen LogP contribution in [-0.2, 0) is 16.1 Å². The van der Waals surface area contributed by atoms with Gasteiger partial charge in [0, 0.05) is 23.9 Å². The van der Waals surface area contributed by atoms with Crippen LogP contribution in [0.3, 0.4) is 0 Å². The van der Waals surface area contributed by atoms with E-state index in [1.165, 1.54) is 7.11 Å². The first-order chi connectivity index (χ1) is 25.7. The minimum absolute atomic E-state index is 0.0465. The highest BCUT2D eigenvalue weighted by molar-refractivity contribution is 6.06. The van der Waals surface area contributed by atoms with Gasteiger partial charge in [-0.2, -0.15) is 0 Å². The number of rotatable bonds is 8. The number of methoxy groups -OCH3 is 1. The molecule has 4 fully saturated rings. The van der Waals surface area contributed by atoms with E-state index in [1.807, 2.05) is 48.5 Å². The van der Waals surface area contributed by atoms with Crippen molar-refractivity contribution in [2.45, 2.75) is 110 Å². The number of esters is 1. The molecule has 0 amide bonds. The van der Waals surface area contributed by atoms with Gasteiger partial charge in [0.2, 0.25) is 0 Å². The van der Waals surface area contributed by atoms with Gasteiger partial charge >= 0.3 is 11.9 Å². The Morgan fingerprint density at radius 1 is 1.06 bits per heavy atom. The molecule has 7 rings (SSSR count). The van der Waals surface area contributed by atoms with E-state index in [9.17, 15) is 30.0 Å². The number of carbonyl (C=O) groups excluding carboxylic acids is 1. The molecule has 9 nitrogen and oxygen atoms in total. The second-order valence-corrected chi connectivity index (χ2v) is 17.5. The molecule has 11 atom stereocenters. The van der Waals surface area contributed by atoms with Gasteiger partial charge in [0.1, 0.15) is 11.2 Å². The summed E-state index contributed by atoms with van der Waals surface area (Å²) in [5.74, 6) is 6.09. The maximum absolute atomic E-state index is 13.0. The number of benzene rings is 2. The van der Waals surface area contributed by atoms with Gasteiger partial charge in [-0.1, -0.05) is 62.9 Å². The fourth-order valence-electron chi connectivity index (χ4n) is 11.8. The summed E-state index contributed by atoms with van der Waals surface area (Å²) >= 11 is 0. The average molecular weight is 737 g/mol. The third-order valence-electron chi connectivity index (χ3n) is 14.7. The summed E-state index contributed by atoms with van der Waals surface area (Å²) in [6, 6.07) is 15.6. The topological polar surface area (TPSA) is 149 Å². The SMILES string of the molecule is COC(=O)c1c(C)nc2ccc(C#C[C@@]3(O)CC[C@@]4(C)C(C[C@@H](O)C5C4C[C@H](O)[C@@]4(C)C5CC[C@@H]4[C@H](C)CCC(=O)O)C3)cc2c1NCc1ccccc1. The number of pyridine rings is 1. The van der Waals surface area contributed by atoms with Gasteiger partial charge in [0.15, 0.2) is 0 Å². The standard InChI is InChI=1S/C45H56N2O7/c1-26(11-16-38(50)51)32-13-14-33-40-34(23-37(49)44(32,33)4)43(3)19-20-45(53,24-30(43)22-36(40)48)18-17-28-12-15-35-31(21-28)41(39(27(2)47-35)42(52)54-5)46-25-29-9-7-6-8-10-29/h6-10,12,15,21,26,30,32-34,36-37,40,48-49,53H,11,13-14,16,19-20,22-25H2,1-5H3,(H,46,47)(H,50,51)/t26-,30?,32-,33?,34?,36-,37+,40?,43+,44-,45-/m1/s1. The summed E-state index contributed by atoms with van der Waals surface area (Å²) < 4.78 is 5.15. The highest BCUT2D eigenvalue weighted by Gasteiger charge is 2.66. The van der Waals surface area contributed by atoms with Crippen molar-refractivity contribution >= 4 is 28.5 Å². The fraction of sp³-hybridized carbons (Fsp3) is 0.578. The molecule has 0 bridgehead atoms. The number of carboxylic acids is 1. The Morgan fingerprint density at radius 2 is 1.81 bits per heavy atom. The molecule has 0 radical (unpaired) electrons. The minimum Gasteiger partial charge on any atom is -0.481 e. The molecule has 4 unspecified atom stereocenters. The first-order valence-corrected chi connectivity index (χ1v) is 19.8. The smallest absolute Gasteiger partial charge is 0.341 e. The van der Waals surface area contributed by atoms with Crippen LogP contribution in [0.1, 0.15) is 106 Å². The molecule has 288 valence electrons. The van der Waals surface area contributed by atoms with E-state index in [2.05, 4.69) is 37.9 Å². The highest BCUT2D eigenvalue weighted by Crippen LogP contribution is 2.69. The molecule has 1 aromatic heterocycles. The van der Waals surface area contributed by atoms with Gasteiger partial charge in [-0.25, -0.2) is 4.79 Å². The summed E-state index contributed by atoms with van der Waals surface area (Å²) in [5.41, 5.74) is 2.30. The van der Waals surface area contributed by atoms with Gasteiger partial charge in [0.05, 0.1) is 36.2 Å². The van der Waals surface area contributed by atoms with Crippen LogP contribution in [0.4, 0.5) is 5.69 Å². The van der Waals surface area contributed by atoms with Crippen molar-refractivity contribution in [1.29, 1.82) is 0 Å². The molecule has 1 heterocycles. The van der Waals surface area contributed by atoms with Crippen molar-refractivity contribution in [1.82, 2.24) is 4.98 Å². The lowest BCUT2D eigenvalue weighted by molar-refractivity contribution is -0.211. The molecule has 2 aromatic carbocycles. The molecule has 4 aliphatic carbocycles. The summed E-state index contributed by atoms with van der Waals surface area (Å²) in [6.07, 6.45) is 4.49. The Labute approximate surface area is 318 Å². The number of carboxylic acid groups (broad SMARTS) is 1. The van der Waals surface area contributed by atoms with Gasteiger partial charge in [0.25, 0.3) is 0 Å². The van der Waals surface area contributed by atoms with E-state index in [1.54, 1.807) is 6.92 Å². The zero-order chi connectivity index (χ0) is 38.6. The van der Waals surface area contributed by atoms with Crippen LogP contribution in [0.15, 0.2) is 48.5 Å². The number of aliphatic carboxylic acids is 1. The number of aliphatic hydroxyl groups is 3. The predicted octanol–water partition coefficient (Wildman–Crippen LogP) is 7.13. The Kier molecular flexibility index (Phi) is 10.4. The van der Waals surface area contributed by atoms with Crippen LogP contribution in [0, 0.1) is 65.1 Å². The quantitative estimate of drug-likeness (QED) is 0.120. The molecule has 0 spiro atoms. The van der Waals surface area contributed by atoms with Crippen LogP contribution in [0.25, 0.3) is 10.9 Å². The first-order valence-electron chi connectivity index (χ1n) is 19.8. The number of nitrogens with zero attached hydrogens (tertiary/aromatic N) is 1. The molecular formula is C45H56N2O7. The van der Waals surface area contributed by atoms with E-state index in [4.69, 9.17) is 9.72 Å². The number of anilines is 1. The average Bonchev–Trinajstić information content (AvgIpc) is 3.51. The van der Waals surface area contributed by atoms with Crippen molar-refractivity contribution in [2.75, 3.05) is 12.4 Å². The molecule has 9 heteroatoms. The maximum atomic E-state index is 13.0. The predicted molar refractivity (Wildman–Crippen MR) is 207 cm³/mol. The largest absolute Gasteiger partial charge is 0.481 e. The lowest BCUT2D eigenvalue weighted by Gasteiger charge is -2.64. The lowest BCUT2D eigenvalue weighted by Crippen LogP contribution is -2.63. The zero-order valence-electron chi connectivity index (χ0n) is 32.3. The number of nitrogens with one attached hydrogen (secondary N) is 1. The van der Waals surface area contributed by atoms with E-state index < -0.39 is 29.7 Å². The number of aromatic nitrogens is 1. The molecule has 4 aliphatic rings. The summed E-state index contributed by atoms with van der Waals surface area (Å²) in [6.45, 7) is 8.94. The summed E-state index contributed by atoms with van der Waals surface area (Å²) in [7, 11) is 1.36. The van der Waals surface area contributed by atoms with Crippen LogP contribution >= 0.6 is 0 Å². The monoisotopic (exact) mass is 736 g/mol. The third kappa shape index (κ3) is 6.69. The second-order valence-electron chi connectivity index (χ2n) is 17.5. The molecule has 54 heavy (non-hydrogen) atoms. The zero-order valence-corrected chi connectivity index (χ0v) is 32.3. The van der Waals surface area contributed by atoms with Crippen molar-refractivity contribution in [3.8, 4) is 11.8 Å². The number of carbonyl (C=O) groups is 2. The number of aliphatic hydroxyl groups excluding tert-OH is 2. The Hall–Kier alpha value is -3.97. The van der Waals surface area contributed by atoms with Crippen LogP contribution < -0.4 is 5.32 Å². The van der Waals surface area contributed by atoms with Gasteiger partial charge in [-0.3, -0.25) is 9.78 Å². The number of aryl methyl sites for hydroxylation is 1. The van der Waals surface area contributed by atoms with Gasteiger partial charge in [-0.05, 0) is 128 Å². The first kappa shape index (κ1) is 38.3. The van der Waals surface area contributed by atoms with Crippen LogP contribution in [0.2, 0.25) is 0 Å². The Balaban J connectivity index is 1.13. The van der Waals surface area contributed by atoms with Crippen LogP contribution in [0.5, 0.6) is 0 Å². The number of ether oxygens (including phenoxy) is 1. The van der Waals surface area contributed by atoms with Gasteiger partial charge in [-0.15, -0.1) is 0 Å². The second kappa shape index (κ2) is 14.6. The third-order valence-corrected chi connectivity index (χ3v) is 14.7. The molecular weight excluding hydrogens is 681 g/mol. The van der Waals surface area contributed by atoms with Crippen molar-refractivity contribution in [2.24, 2.45) is 46.3 Å². The van der Waals surface area contributed by atoms with E-state index >= 15 is 0 Å².